The molecular formula is C36H46BrN3O8. The lowest BCUT2D eigenvalue weighted by atomic mass is 9.74. The highest BCUT2D eigenvalue weighted by molar-refractivity contribution is 9.11. The van der Waals surface area contributed by atoms with Gasteiger partial charge in [0.05, 0.1) is 31.2 Å². The number of hydrogen-bond donors (Lipinski definition) is 2. The van der Waals surface area contributed by atoms with Gasteiger partial charge in [-0.25, -0.2) is 0 Å². The maximum Gasteiger partial charge on any atom is 0.313 e. The molecule has 260 valence electrons. The second kappa shape index (κ2) is 14.8. The number of hydrogen-bond acceptors (Lipinski definition) is 8. The van der Waals surface area contributed by atoms with Crippen molar-refractivity contribution in [3.05, 3.63) is 58.6 Å². The van der Waals surface area contributed by atoms with Crippen LogP contribution in [0.4, 0.5) is 0 Å². The first-order valence-electron chi connectivity index (χ1n) is 17.2. The Morgan fingerprint density at radius 1 is 1.06 bits per heavy atom. The van der Waals surface area contributed by atoms with Gasteiger partial charge in [-0.1, -0.05) is 84.6 Å². The maximum absolute atomic E-state index is 15.0. The molecule has 4 aliphatic heterocycles. The summed E-state index contributed by atoms with van der Waals surface area (Å²) in [5.74, 6) is -3.68. The largest absolute Gasteiger partial charge is 0.455 e. The molecule has 1 spiro atoms. The molecule has 2 N–H and O–H groups in total. The molecule has 8 atom stereocenters. The van der Waals surface area contributed by atoms with Gasteiger partial charge < -0.3 is 34.4 Å². The van der Waals surface area contributed by atoms with Crippen molar-refractivity contribution in [2.45, 2.75) is 100 Å². The molecule has 0 aromatic heterocycles. The zero-order chi connectivity index (χ0) is 34.0. The number of aliphatic hydroxyl groups excluding tert-OH is 1. The summed E-state index contributed by atoms with van der Waals surface area (Å²) in [6, 6.07) is 6.65. The fourth-order valence-corrected chi connectivity index (χ4v) is 9.13. The van der Waals surface area contributed by atoms with Gasteiger partial charge in [-0.2, -0.15) is 0 Å². The van der Waals surface area contributed by atoms with E-state index in [9.17, 15) is 19.5 Å². The number of nitrogens with one attached hydrogen (secondary N) is 1. The number of fused-ring (bicyclic) bond motifs is 2. The molecule has 0 unspecified atom stereocenters. The van der Waals surface area contributed by atoms with Crippen LogP contribution in [0.2, 0.25) is 0 Å². The molecule has 3 fully saturated rings. The number of ether oxygens (including phenoxy) is 3. The number of likely N-dealkylation sites (tertiary alicyclic amines) is 1. The number of benzene rings is 1. The summed E-state index contributed by atoms with van der Waals surface area (Å²) in [4.78, 5) is 60.7. The Morgan fingerprint density at radius 3 is 2.50 bits per heavy atom. The van der Waals surface area contributed by atoms with Crippen molar-refractivity contribution in [3.8, 4) is 0 Å². The van der Waals surface area contributed by atoms with E-state index in [4.69, 9.17) is 14.2 Å². The summed E-state index contributed by atoms with van der Waals surface area (Å²) < 4.78 is 19.0. The van der Waals surface area contributed by atoms with E-state index < -0.39 is 59.6 Å². The van der Waals surface area contributed by atoms with Crippen molar-refractivity contribution < 1.29 is 38.5 Å². The number of aliphatic hydroxyl groups is 1. The molecular weight excluding hydrogens is 682 g/mol. The molecule has 11 nitrogen and oxygen atoms in total. The Bertz CT molecular complexity index is 1430. The minimum Gasteiger partial charge on any atom is -0.455 e. The second-order valence-corrected chi connectivity index (χ2v) is 14.4. The highest BCUT2D eigenvalue weighted by Gasteiger charge is 2.75. The first kappa shape index (κ1) is 34.8. The molecule has 48 heavy (non-hydrogen) atoms. The van der Waals surface area contributed by atoms with Gasteiger partial charge in [0.1, 0.15) is 29.8 Å². The van der Waals surface area contributed by atoms with E-state index in [0.717, 1.165) is 32.1 Å². The predicted octanol–water partition coefficient (Wildman–Crippen LogP) is 3.56. The highest BCUT2D eigenvalue weighted by atomic mass is 79.9. The Hall–Kier alpha value is -3.06. The molecule has 3 amide bonds. The number of halogens is 1. The van der Waals surface area contributed by atoms with E-state index in [0.29, 0.717) is 29.4 Å². The second-order valence-electron chi connectivity index (χ2n) is 13.5. The lowest BCUT2D eigenvalue weighted by Gasteiger charge is -2.41. The Kier molecular flexibility index (Phi) is 10.7. The minimum atomic E-state index is -1.43. The van der Waals surface area contributed by atoms with Gasteiger partial charge in [-0.3, -0.25) is 19.2 Å². The molecule has 5 bridgehead atoms. The number of carbonyl (C=O) groups excluding carboxylic acids is 4. The summed E-state index contributed by atoms with van der Waals surface area (Å²) in [5.41, 5.74) is -0.780. The van der Waals surface area contributed by atoms with Gasteiger partial charge in [-0.05, 0) is 37.3 Å². The van der Waals surface area contributed by atoms with E-state index in [1.807, 2.05) is 54.3 Å². The monoisotopic (exact) mass is 727 g/mol. The number of methoxy groups -OCH3 is 1. The van der Waals surface area contributed by atoms with Gasteiger partial charge in [0, 0.05) is 30.6 Å². The minimum absolute atomic E-state index is 0.0314. The number of rotatable bonds is 7. The molecule has 1 saturated carbocycles. The van der Waals surface area contributed by atoms with Gasteiger partial charge >= 0.3 is 5.97 Å². The van der Waals surface area contributed by atoms with Crippen molar-refractivity contribution >= 4 is 39.6 Å². The summed E-state index contributed by atoms with van der Waals surface area (Å²) in [7, 11) is 1.52. The van der Waals surface area contributed by atoms with Crippen molar-refractivity contribution in [2.24, 2.45) is 11.8 Å². The zero-order valence-corrected chi connectivity index (χ0v) is 29.2. The first-order valence-corrected chi connectivity index (χ1v) is 18.0. The first-order chi connectivity index (χ1) is 23.2. The highest BCUT2D eigenvalue weighted by Crippen LogP contribution is 2.59. The third kappa shape index (κ3) is 6.25. The van der Waals surface area contributed by atoms with Crippen LogP contribution in [0.3, 0.4) is 0 Å². The van der Waals surface area contributed by atoms with Crippen molar-refractivity contribution in [1.82, 2.24) is 15.1 Å². The third-order valence-electron chi connectivity index (χ3n) is 10.7. The topological polar surface area (TPSA) is 135 Å². The van der Waals surface area contributed by atoms with E-state index in [2.05, 4.69) is 21.2 Å². The SMILES string of the molecule is CC[C@@H](CO)N1C(=O)[C@@H]2[C@H]3C(=O)O[C@@H](c4ccccc4)[C@H](COC)NC(=O)CC/C=C\CN(C4CCCCC4)C(=O)[C@@H]1[C@]21C=C(Br)[C@H]3O1. The number of esters is 1. The fourth-order valence-electron chi connectivity index (χ4n) is 8.39. The summed E-state index contributed by atoms with van der Waals surface area (Å²) in [6.45, 7) is 1.91. The molecule has 4 heterocycles. The van der Waals surface area contributed by atoms with Crippen LogP contribution < -0.4 is 5.32 Å². The molecule has 6 rings (SSSR count). The number of allylic oxidation sites excluding steroid dienone is 1. The third-order valence-corrected chi connectivity index (χ3v) is 11.4. The van der Waals surface area contributed by atoms with Gasteiger partial charge in [-0.15, -0.1) is 0 Å². The van der Waals surface area contributed by atoms with Crippen LogP contribution in [0.1, 0.15) is 70.0 Å². The normalized spacial score (nSPS) is 34.5. The zero-order valence-electron chi connectivity index (χ0n) is 27.6. The van der Waals surface area contributed by atoms with Crippen LogP contribution in [-0.2, 0) is 33.4 Å². The van der Waals surface area contributed by atoms with Gasteiger partial charge in [0.25, 0.3) is 0 Å². The van der Waals surface area contributed by atoms with Crippen LogP contribution in [0.25, 0.3) is 0 Å². The predicted molar refractivity (Wildman–Crippen MR) is 179 cm³/mol. The molecule has 5 aliphatic rings. The van der Waals surface area contributed by atoms with Crippen LogP contribution in [0.5, 0.6) is 0 Å². The standard InChI is InChI=1S/C36H46BrN3O8/c1-3-23(20-41)40-32-34(44)39(24-15-9-5-10-16-24)18-12-6-11-17-27(42)38-26(21-46-2)30(22-13-7-4-8-14-22)47-35(45)28-29(33(40)43)36(32)19-25(37)31(28)48-36/h4,6-8,12-14,19,23-24,26,28-32,41H,3,5,9-11,15-18,20-21H2,1-2H3,(H,38,42)/b12-6-/t23-,26-,28+,29-,30-,31+,32+,36-/m0/s1. The van der Waals surface area contributed by atoms with E-state index in [-0.39, 0.29) is 37.5 Å². The average Bonchev–Trinajstić information content (AvgIpc) is 3.69. The van der Waals surface area contributed by atoms with E-state index in [1.165, 1.54) is 12.0 Å². The van der Waals surface area contributed by atoms with E-state index in [1.54, 1.807) is 6.08 Å². The molecule has 1 aromatic rings. The lowest BCUT2D eigenvalue weighted by Crippen LogP contribution is -2.60. The molecule has 0 radical (unpaired) electrons. The smallest absolute Gasteiger partial charge is 0.313 e. The quantitative estimate of drug-likeness (QED) is 0.322. The molecule has 12 heteroatoms. The molecule has 1 aromatic carbocycles. The lowest BCUT2D eigenvalue weighted by molar-refractivity contribution is -0.163. The van der Waals surface area contributed by atoms with Gasteiger partial charge in [0.2, 0.25) is 17.7 Å². The number of amides is 3. The molecule has 1 aliphatic carbocycles. The maximum atomic E-state index is 15.0. The van der Waals surface area contributed by atoms with Crippen LogP contribution in [0.15, 0.2) is 53.0 Å². The number of cyclic esters (lactones) is 1. The van der Waals surface area contributed by atoms with Crippen molar-refractivity contribution in [1.29, 1.82) is 0 Å². The summed E-state index contributed by atoms with van der Waals surface area (Å²) in [5, 5.41) is 13.5. The van der Waals surface area contributed by atoms with Crippen molar-refractivity contribution in [3.63, 3.8) is 0 Å². The number of carbonyl (C=O) groups is 4. The van der Waals surface area contributed by atoms with E-state index >= 15 is 4.79 Å². The Morgan fingerprint density at radius 2 is 1.81 bits per heavy atom. The van der Waals surface area contributed by atoms with Crippen molar-refractivity contribution in [2.75, 3.05) is 26.9 Å². The Balaban J connectivity index is 1.47. The molecule has 2 saturated heterocycles. The van der Waals surface area contributed by atoms with Crippen LogP contribution in [-0.4, -0.2) is 101 Å². The summed E-state index contributed by atoms with van der Waals surface area (Å²) >= 11 is 3.62. The average molecular weight is 729 g/mol. The summed E-state index contributed by atoms with van der Waals surface area (Å²) in [6.07, 6.45) is 9.69. The van der Waals surface area contributed by atoms with Crippen LogP contribution in [0, 0.1) is 11.8 Å². The van der Waals surface area contributed by atoms with Crippen LogP contribution >= 0.6 is 15.9 Å². The fraction of sp³-hybridized carbons (Fsp3) is 0.611. The number of nitrogens with zero attached hydrogens (tertiary/aromatic N) is 2. The van der Waals surface area contributed by atoms with Gasteiger partial charge in [0.15, 0.2) is 0 Å². The Labute approximate surface area is 290 Å².